The van der Waals surface area contributed by atoms with Gasteiger partial charge in [0.1, 0.15) is 0 Å². The molecule has 1 aliphatic rings. The van der Waals surface area contributed by atoms with E-state index in [1.54, 1.807) is 0 Å². The van der Waals surface area contributed by atoms with E-state index in [1.807, 2.05) is 12.3 Å². The van der Waals surface area contributed by atoms with Gasteiger partial charge in [0, 0.05) is 25.5 Å². The fraction of sp³-hybridized carbons (Fsp3) is 0.389. The Bertz CT molecular complexity index is 537. The maximum absolute atomic E-state index is 4.30. The third-order valence-corrected chi connectivity index (χ3v) is 4.19. The van der Waals surface area contributed by atoms with Gasteiger partial charge in [0.25, 0.3) is 0 Å². The van der Waals surface area contributed by atoms with Crippen molar-refractivity contribution in [1.29, 1.82) is 0 Å². The van der Waals surface area contributed by atoms with Crippen molar-refractivity contribution in [2.45, 2.75) is 19.4 Å². The second-order valence-electron chi connectivity index (χ2n) is 5.79. The number of aromatic nitrogens is 2. The minimum absolute atomic E-state index is 0.777. The largest absolute Gasteiger partial charge is 0.300 e. The van der Waals surface area contributed by atoms with Crippen molar-refractivity contribution >= 4 is 6.08 Å². The van der Waals surface area contributed by atoms with Gasteiger partial charge in [0.05, 0.1) is 0 Å². The number of piperidine rings is 1. The van der Waals surface area contributed by atoms with Gasteiger partial charge in [-0.05, 0) is 43.5 Å². The molecule has 1 saturated heterocycles. The van der Waals surface area contributed by atoms with Crippen molar-refractivity contribution in [2.24, 2.45) is 5.92 Å². The minimum Gasteiger partial charge on any atom is -0.300 e. The zero-order valence-corrected chi connectivity index (χ0v) is 12.4. The van der Waals surface area contributed by atoms with Crippen LogP contribution in [-0.2, 0) is 6.54 Å². The summed E-state index contributed by atoms with van der Waals surface area (Å²) in [7, 11) is 0. The van der Waals surface area contributed by atoms with Gasteiger partial charge in [0.2, 0.25) is 0 Å². The van der Waals surface area contributed by atoms with E-state index >= 15 is 0 Å². The minimum atomic E-state index is 0.777. The molecule has 3 nitrogen and oxygen atoms in total. The first-order chi connectivity index (χ1) is 10.4. The van der Waals surface area contributed by atoms with Gasteiger partial charge in [-0.2, -0.15) is 5.10 Å². The molecule has 0 radical (unpaired) electrons. The van der Waals surface area contributed by atoms with Crippen LogP contribution in [0.2, 0.25) is 0 Å². The van der Waals surface area contributed by atoms with Crippen LogP contribution in [0.15, 0.2) is 54.9 Å². The third kappa shape index (κ3) is 4.30. The Kier molecular flexibility index (Phi) is 4.85. The lowest BCUT2D eigenvalue weighted by Gasteiger charge is -2.31. The van der Waals surface area contributed by atoms with Crippen LogP contribution in [0.4, 0.5) is 0 Å². The van der Waals surface area contributed by atoms with Gasteiger partial charge >= 0.3 is 0 Å². The van der Waals surface area contributed by atoms with Crippen LogP contribution in [0.25, 0.3) is 6.08 Å². The molecule has 0 aliphatic carbocycles. The summed E-state index contributed by atoms with van der Waals surface area (Å²) < 4.78 is 2.07. The van der Waals surface area contributed by atoms with Crippen LogP contribution in [-0.4, -0.2) is 34.3 Å². The molecule has 1 aliphatic heterocycles. The Morgan fingerprint density at radius 3 is 2.62 bits per heavy atom. The van der Waals surface area contributed by atoms with Crippen LogP contribution in [0, 0.1) is 5.92 Å². The lowest BCUT2D eigenvalue weighted by atomic mass is 9.97. The van der Waals surface area contributed by atoms with Gasteiger partial charge < -0.3 is 0 Å². The van der Waals surface area contributed by atoms with Gasteiger partial charge in [-0.15, -0.1) is 0 Å². The number of benzene rings is 1. The third-order valence-electron chi connectivity index (χ3n) is 4.19. The summed E-state index contributed by atoms with van der Waals surface area (Å²) in [5.41, 5.74) is 1.28. The summed E-state index contributed by atoms with van der Waals surface area (Å²) >= 11 is 0. The van der Waals surface area contributed by atoms with Crippen molar-refractivity contribution in [3.63, 3.8) is 0 Å². The monoisotopic (exact) mass is 281 g/mol. The van der Waals surface area contributed by atoms with E-state index < -0.39 is 0 Å². The maximum atomic E-state index is 4.30. The average molecular weight is 281 g/mol. The highest BCUT2D eigenvalue weighted by molar-refractivity contribution is 5.48. The molecule has 1 fully saturated rings. The maximum Gasteiger partial charge on any atom is 0.0489 e. The summed E-state index contributed by atoms with van der Waals surface area (Å²) in [6.45, 7) is 4.53. The molecule has 2 heterocycles. The van der Waals surface area contributed by atoms with E-state index in [0.717, 1.165) is 19.0 Å². The summed E-state index contributed by atoms with van der Waals surface area (Å²) in [5, 5.41) is 4.30. The Morgan fingerprint density at radius 2 is 1.90 bits per heavy atom. The highest BCUT2D eigenvalue weighted by Gasteiger charge is 2.18. The Labute approximate surface area is 126 Å². The fourth-order valence-electron chi connectivity index (χ4n) is 2.93. The molecular weight excluding hydrogens is 258 g/mol. The predicted molar refractivity (Wildman–Crippen MR) is 86.9 cm³/mol. The van der Waals surface area contributed by atoms with Crippen LogP contribution in [0.1, 0.15) is 18.4 Å². The standard InChI is InChI=1S/C18H23N3/c1-2-6-17(7-3-1)8-4-12-20-14-9-18(10-15-20)16-21-13-5-11-19-21/h1-8,11,13,18H,9-10,12,14-16H2/b8-4+. The zero-order chi connectivity index (χ0) is 14.3. The summed E-state index contributed by atoms with van der Waals surface area (Å²) in [4.78, 5) is 2.54. The Morgan fingerprint density at radius 1 is 1.10 bits per heavy atom. The van der Waals surface area contributed by atoms with Crippen LogP contribution in [0.3, 0.4) is 0 Å². The molecule has 21 heavy (non-hydrogen) atoms. The number of rotatable bonds is 5. The van der Waals surface area contributed by atoms with E-state index in [0.29, 0.717) is 0 Å². The number of hydrogen-bond acceptors (Lipinski definition) is 2. The van der Waals surface area contributed by atoms with E-state index in [2.05, 4.69) is 63.4 Å². The second-order valence-corrected chi connectivity index (χ2v) is 5.79. The molecule has 0 amide bonds. The zero-order valence-electron chi connectivity index (χ0n) is 12.4. The number of nitrogens with zero attached hydrogens (tertiary/aromatic N) is 3. The highest BCUT2D eigenvalue weighted by Crippen LogP contribution is 2.18. The molecular formula is C18H23N3. The van der Waals surface area contributed by atoms with Gasteiger partial charge in [-0.3, -0.25) is 9.58 Å². The van der Waals surface area contributed by atoms with E-state index in [-0.39, 0.29) is 0 Å². The SMILES string of the molecule is C(=C\c1ccccc1)/CN1CCC(Cn2cccn2)CC1. The van der Waals surface area contributed by atoms with E-state index in [1.165, 1.54) is 31.5 Å². The quantitative estimate of drug-likeness (QED) is 0.838. The van der Waals surface area contributed by atoms with Gasteiger partial charge in [-0.1, -0.05) is 42.5 Å². The molecule has 3 rings (SSSR count). The topological polar surface area (TPSA) is 21.1 Å². The fourth-order valence-corrected chi connectivity index (χ4v) is 2.93. The first-order valence-corrected chi connectivity index (χ1v) is 7.81. The van der Waals surface area contributed by atoms with E-state index in [4.69, 9.17) is 0 Å². The summed E-state index contributed by atoms with van der Waals surface area (Å²) in [6.07, 6.45) is 11.0. The Balaban J connectivity index is 1.40. The van der Waals surface area contributed by atoms with Crippen molar-refractivity contribution < 1.29 is 0 Å². The molecule has 3 heteroatoms. The smallest absolute Gasteiger partial charge is 0.0489 e. The molecule has 1 aromatic heterocycles. The molecule has 0 atom stereocenters. The summed E-state index contributed by atoms with van der Waals surface area (Å²) in [5.74, 6) is 0.777. The molecule has 0 bridgehead atoms. The lowest BCUT2D eigenvalue weighted by molar-refractivity contribution is 0.185. The van der Waals surface area contributed by atoms with Crippen molar-refractivity contribution in [3.8, 4) is 0 Å². The van der Waals surface area contributed by atoms with Gasteiger partial charge in [-0.25, -0.2) is 0 Å². The lowest BCUT2D eigenvalue weighted by Crippen LogP contribution is -2.35. The van der Waals surface area contributed by atoms with Crippen LogP contribution < -0.4 is 0 Å². The number of hydrogen-bond donors (Lipinski definition) is 0. The van der Waals surface area contributed by atoms with Gasteiger partial charge in [0.15, 0.2) is 0 Å². The predicted octanol–water partition coefficient (Wildman–Crippen LogP) is 3.31. The van der Waals surface area contributed by atoms with Crippen molar-refractivity contribution in [3.05, 3.63) is 60.4 Å². The Hall–Kier alpha value is -1.87. The molecule has 0 N–H and O–H groups in total. The highest BCUT2D eigenvalue weighted by atomic mass is 15.3. The van der Waals surface area contributed by atoms with E-state index in [9.17, 15) is 0 Å². The molecule has 2 aromatic rings. The number of likely N-dealkylation sites (tertiary alicyclic amines) is 1. The molecule has 0 spiro atoms. The first-order valence-electron chi connectivity index (χ1n) is 7.81. The van der Waals surface area contributed by atoms with Crippen LogP contribution >= 0.6 is 0 Å². The normalized spacial score (nSPS) is 17.5. The molecule has 0 unspecified atom stereocenters. The molecule has 110 valence electrons. The first kappa shape index (κ1) is 14.1. The van der Waals surface area contributed by atoms with Crippen molar-refractivity contribution in [1.82, 2.24) is 14.7 Å². The molecule has 1 aromatic carbocycles. The van der Waals surface area contributed by atoms with Crippen molar-refractivity contribution in [2.75, 3.05) is 19.6 Å². The molecule has 0 saturated carbocycles. The second kappa shape index (κ2) is 7.23. The average Bonchev–Trinajstić information content (AvgIpc) is 3.03. The van der Waals surface area contributed by atoms with Crippen LogP contribution in [0.5, 0.6) is 0 Å². The summed E-state index contributed by atoms with van der Waals surface area (Å²) in [6, 6.07) is 12.5.